The molecule has 4 bridgehead atoms. The number of nitrogens with zero attached hydrogens (tertiary/aromatic N) is 2. The van der Waals surface area contributed by atoms with Gasteiger partial charge in [0.25, 0.3) is 5.91 Å². The van der Waals surface area contributed by atoms with Crippen molar-refractivity contribution < 1.29 is 13.2 Å². The number of anilines is 1. The zero-order valence-corrected chi connectivity index (χ0v) is 27.0. The fourth-order valence-corrected chi connectivity index (χ4v) is 11.3. The Balaban J connectivity index is 0.938. The summed E-state index contributed by atoms with van der Waals surface area (Å²) in [4.78, 5) is 17.8. The summed E-state index contributed by atoms with van der Waals surface area (Å²) in [7, 11) is -3.73. The maximum atomic E-state index is 13.2. The number of hydrogen-bond donors (Lipinski definition) is 1. The maximum Gasteiger partial charge on any atom is 0.264 e. The molecule has 44 heavy (non-hydrogen) atoms. The first kappa shape index (κ1) is 29.8. The van der Waals surface area contributed by atoms with E-state index in [0.717, 1.165) is 62.7 Å². The Bertz CT molecular complexity index is 1620. The molecule has 6 nitrogen and oxygen atoms in total. The van der Waals surface area contributed by atoms with Gasteiger partial charge in [0.1, 0.15) is 0 Å². The summed E-state index contributed by atoms with van der Waals surface area (Å²) in [6, 6.07) is 23.9. The van der Waals surface area contributed by atoms with Gasteiger partial charge in [-0.3, -0.25) is 9.69 Å². The fourth-order valence-electron chi connectivity index (χ4n) is 9.53. The van der Waals surface area contributed by atoms with Gasteiger partial charge in [-0.2, -0.15) is 0 Å². The number of piperazine rings is 1. The van der Waals surface area contributed by atoms with E-state index in [-0.39, 0.29) is 16.6 Å². The third kappa shape index (κ3) is 6.29. The van der Waals surface area contributed by atoms with E-state index in [0.29, 0.717) is 17.4 Å². The summed E-state index contributed by atoms with van der Waals surface area (Å²) in [6.45, 7) is 6.84. The molecule has 5 aliphatic rings. The lowest BCUT2D eigenvalue weighted by molar-refractivity contribution is -0.0902. The van der Waals surface area contributed by atoms with Crippen LogP contribution in [0.2, 0.25) is 5.02 Å². The Kier molecular flexibility index (Phi) is 7.79. The van der Waals surface area contributed by atoms with E-state index in [4.69, 9.17) is 11.6 Å². The highest BCUT2D eigenvalue weighted by Gasteiger charge is 2.57. The molecule has 8 heteroatoms. The summed E-state index contributed by atoms with van der Waals surface area (Å²) in [6.07, 6.45) is 6.67. The van der Waals surface area contributed by atoms with Crippen molar-refractivity contribution in [3.8, 4) is 11.1 Å². The molecule has 1 heterocycles. The van der Waals surface area contributed by atoms with Crippen molar-refractivity contribution in [1.82, 2.24) is 9.62 Å². The van der Waals surface area contributed by atoms with Crippen molar-refractivity contribution in [1.29, 1.82) is 0 Å². The molecule has 0 aromatic heterocycles. The number of benzene rings is 3. The van der Waals surface area contributed by atoms with Gasteiger partial charge in [-0.25, -0.2) is 13.1 Å². The van der Waals surface area contributed by atoms with Crippen LogP contribution in [0.1, 0.15) is 61.4 Å². The second-order valence-electron chi connectivity index (χ2n) is 14.4. The lowest BCUT2D eigenvalue weighted by atomic mass is 9.45. The Morgan fingerprint density at radius 3 is 2.20 bits per heavy atom. The third-order valence-electron chi connectivity index (χ3n) is 10.7. The molecule has 5 fully saturated rings. The van der Waals surface area contributed by atoms with Crippen molar-refractivity contribution in [3.05, 3.63) is 88.9 Å². The normalized spacial score (nSPS) is 28.3. The van der Waals surface area contributed by atoms with Crippen LogP contribution < -0.4 is 9.62 Å². The molecule has 4 saturated carbocycles. The Hall–Kier alpha value is -2.87. The van der Waals surface area contributed by atoms with Crippen molar-refractivity contribution >= 4 is 33.2 Å². The molecular formula is C36H42ClN3O3S. The second-order valence-corrected chi connectivity index (χ2v) is 16.6. The molecular weight excluding hydrogens is 590 g/mol. The smallest absolute Gasteiger partial charge is 0.264 e. The molecule has 232 valence electrons. The van der Waals surface area contributed by atoms with Crippen LogP contribution in [0.15, 0.2) is 72.8 Å². The number of carbonyl (C=O) groups is 1. The van der Waals surface area contributed by atoms with Crippen LogP contribution in [0.4, 0.5) is 5.69 Å². The first-order chi connectivity index (χ1) is 21.1. The van der Waals surface area contributed by atoms with Gasteiger partial charge in [0, 0.05) is 49.0 Å². The molecule has 2 atom stereocenters. The summed E-state index contributed by atoms with van der Waals surface area (Å²) in [5.74, 6) is 0.830. The summed E-state index contributed by atoms with van der Waals surface area (Å²) >= 11 is 6.11. The number of amides is 1. The van der Waals surface area contributed by atoms with Crippen LogP contribution in [0.3, 0.4) is 0 Å². The minimum atomic E-state index is -3.73. The van der Waals surface area contributed by atoms with E-state index in [1.165, 1.54) is 36.0 Å². The van der Waals surface area contributed by atoms with Crippen LogP contribution in [-0.4, -0.2) is 51.2 Å². The Morgan fingerprint density at radius 2 is 1.55 bits per heavy atom. The summed E-state index contributed by atoms with van der Waals surface area (Å²) < 4.78 is 28.9. The van der Waals surface area contributed by atoms with Gasteiger partial charge in [0.15, 0.2) is 0 Å². The average molecular weight is 632 g/mol. The highest BCUT2D eigenvalue weighted by atomic mass is 35.5. The zero-order valence-electron chi connectivity index (χ0n) is 25.5. The quantitative estimate of drug-likeness (QED) is 0.290. The standard InChI is InChI=1S/C36H42ClN3O3S/c1-35-19-26-18-27(20-35)22-36(21-26,24-35)25-44(42,43)38-34(41)29-8-12-32(13-9-29)40-16-14-39(15-17-40)23-30-4-2-3-5-33(30)28-6-10-31(37)11-7-28/h2-13,26-27H,14-25H2,1H3,(H,38,41). The molecule has 3 aromatic carbocycles. The van der Waals surface area contributed by atoms with E-state index >= 15 is 0 Å². The summed E-state index contributed by atoms with van der Waals surface area (Å²) in [5.41, 5.74) is 5.23. The van der Waals surface area contributed by atoms with E-state index in [1.807, 2.05) is 24.3 Å². The monoisotopic (exact) mass is 631 g/mol. The van der Waals surface area contributed by atoms with Crippen LogP contribution >= 0.6 is 11.6 Å². The van der Waals surface area contributed by atoms with E-state index in [2.05, 4.69) is 57.8 Å². The predicted octanol–water partition coefficient (Wildman–Crippen LogP) is 7.00. The maximum absolute atomic E-state index is 13.2. The number of carbonyl (C=O) groups excluding carboxylic acids is 1. The molecule has 0 spiro atoms. The number of rotatable bonds is 8. The van der Waals surface area contributed by atoms with Crippen LogP contribution in [0.5, 0.6) is 0 Å². The van der Waals surface area contributed by atoms with Gasteiger partial charge >= 0.3 is 0 Å². The molecule has 8 rings (SSSR count). The number of halogens is 1. The lowest BCUT2D eigenvalue weighted by Crippen LogP contribution is -2.54. The minimum Gasteiger partial charge on any atom is -0.369 e. The SMILES string of the molecule is CC12CC3CC(C1)CC(CS(=O)(=O)NC(=O)c1ccc(N4CCN(Cc5ccccc5-c5ccc(Cl)cc5)CC4)cc1)(C3)C2. The molecule has 4 aliphatic carbocycles. The fraction of sp³-hybridized carbons (Fsp3) is 0.472. The van der Waals surface area contributed by atoms with Crippen molar-refractivity contribution in [2.75, 3.05) is 36.8 Å². The van der Waals surface area contributed by atoms with Crippen molar-refractivity contribution in [2.45, 2.75) is 52.0 Å². The van der Waals surface area contributed by atoms with Crippen molar-refractivity contribution in [2.24, 2.45) is 22.7 Å². The number of hydrogen-bond acceptors (Lipinski definition) is 5. The highest BCUT2D eigenvalue weighted by Crippen LogP contribution is 2.65. The van der Waals surface area contributed by atoms with Crippen LogP contribution in [0, 0.1) is 22.7 Å². The van der Waals surface area contributed by atoms with Gasteiger partial charge < -0.3 is 4.90 Å². The van der Waals surface area contributed by atoms with Gasteiger partial charge in [-0.15, -0.1) is 0 Å². The summed E-state index contributed by atoms with van der Waals surface area (Å²) in [5, 5.41) is 0.739. The van der Waals surface area contributed by atoms with Gasteiger partial charge in [0.2, 0.25) is 10.0 Å². The van der Waals surface area contributed by atoms with E-state index < -0.39 is 15.9 Å². The molecule has 3 aromatic rings. The molecule has 1 N–H and O–H groups in total. The molecule has 0 radical (unpaired) electrons. The van der Waals surface area contributed by atoms with Gasteiger partial charge in [-0.1, -0.05) is 54.9 Å². The average Bonchev–Trinajstić information content (AvgIpc) is 2.96. The topological polar surface area (TPSA) is 69.7 Å². The Labute approximate surface area is 266 Å². The Morgan fingerprint density at radius 1 is 0.886 bits per heavy atom. The number of sulfonamides is 1. The van der Waals surface area contributed by atoms with E-state index in [9.17, 15) is 13.2 Å². The van der Waals surface area contributed by atoms with E-state index in [1.54, 1.807) is 12.1 Å². The molecule has 1 saturated heterocycles. The first-order valence-corrected chi connectivity index (χ1v) is 18.1. The highest BCUT2D eigenvalue weighted by molar-refractivity contribution is 7.90. The number of nitrogens with one attached hydrogen (secondary N) is 1. The lowest BCUT2D eigenvalue weighted by Gasteiger charge is -2.61. The van der Waals surface area contributed by atoms with Gasteiger partial charge in [0.05, 0.1) is 5.75 Å². The predicted molar refractivity (Wildman–Crippen MR) is 177 cm³/mol. The minimum absolute atomic E-state index is 0.0703. The molecule has 1 aliphatic heterocycles. The zero-order chi connectivity index (χ0) is 30.5. The van der Waals surface area contributed by atoms with Crippen LogP contribution in [0.25, 0.3) is 11.1 Å². The van der Waals surface area contributed by atoms with Gasteiger partial charge in [-0.05, 0) is 114 Å². The first-order valence-electron chi connectivity index (χ1n) is 16.0. The molecule has 2 unspecified atom stereocenters. The third-order valence-corrected chi connectivity index (χ3v) is 12.4. The van der Waals surface area contributed by atoms with Crippen LogP contribution in [-0.2, 0) is 16.6 Å². The molecule has 1 amide bonds. The largest absolute Gasteiger partial charge is 0.369 e. The second kappa shape index (κ2) is 11.5. The van der Waals surface area contributed by atoms with Crippen molar-refractivity contribution in [3.63, 3.8) is 0 Å².